The molecule has 0 saturated carbocycles. The predicted molar refractivity (Wildman–Crippen MR) is 77.1 cm³/mol. The normalized spacial score (nSPS) is 18.6. The Morgan fingerprint density at radius 2 is 2.30 bits per heavy atom. The van der Waals surface area contributed by atoms with E-state index in [-0.39, 0.29) is 12.5 Å². The first-order valence-corrected chi connectivity index (χ1v) is 7.53. The Hall–Kier alpha value is -1.69. The van der Waals surface area contributed by atoms with E-state index < -0.39 is 12.0 Å². The Kier molecular flexibility index (Phi) is 4.89. The minimum absolute atomic E-state index is 0.127. The number of carbonyl (C=O) groups excluding carboxylic acids is 1. The highest BCUT2D eigenvalue weighted by Crippen LogP contribution is 2.18. The summed E-state index contributed by atoms with van der Waals surface area (Å²) in [7, 11) is 0. The molecule has 2 rings (SSSR count). The summed E-state index contributed by atoms with van der Waals surface area (Å²) in [6.07, 6.45) is 0. The van der Waals surface area contributed by atoms with Gasteiger partial charge < -0.3 is 14.7 Å². The number of carbonyl (C=O) groups is 2. The van der Waals surface area contributed by atoms with E-state index in [0.29, 0.717) is 18.0 Å². The number of amides is 1. The van der Waals surface area contributed by atoms with E-state index in [4.69, 9.17) is 9.84 Å². The summed E-state index contributed by atoms with van der Waals surface area (Å²) < 4.78 is 5.44. The van der Waals surface area contributed by atoms with Crippen molar-refractivity contribution < 1.29 is 19.4 Å². The highest BCUT2D eigenvalue weighted by Gasteiger charge is 2.32. The Bertz CT molecular complexity index is 506. The maximum absolute atomic E-state index is 12.1. The average Bonchev–Trinajstić information content (AvgIpc) is 2.45. The van der Waals surface area contributed by atoms with Crippen LogP contribution in [0.1, 0.15) is 5.56 Å². The van der Waals surface area contributed by atoms with Crippen molar-refractivity contribution in [3.05, 3.63) is 29.8 Å². The molecule has 6 heteroatoms. The van der Waals surface area contributed by atoms with Crippen molar-refractivity contribution in [2.24, 2.45) is 0 Å². The first kappa shape index (κ1) is 14.7. The third-order valence-electron chi connectivity index (χ3n) is 3.09. The first-order chi connectivity index (χ1) is 9.58. The fourth-order valence-corrected chi connectivity index (χ4v) is 3.08. The minimum atomic E-state index is -0.957. The van der Waals surface area contributed by atoms with Crippen molar-refractivity contribution in [2.45, 2.75) is 13.0 Å². The number of thioether (sulfide) groups is 1. The van der Waals surface area contributed by atoms with E-state index >= 15 is 0 Å². The second-order valence-electron chi connectivity index (χ2n) is 4.62. The summed E-state index contributed by atoms with van der Waals surface area (Å²) in [6.45, 7) is 2.27. The molecule has 108 valence electrons. The lowest BCUT2D eigenvalue weighted by atomic mass is 10.2. The van der Waals surface area contributed by atoms with Crippen molar-refractivity contribution in [1.82, 2.24) is 4.90 Å². The van der Waals surface area contributed by atoms with E-state index in [9.17, 15) is 9.59 Å². The van der Waals surface area contributed by atoms with Gasteiger partial charge in [0.2, 0.25) is 0 Å². The molecule has 1 heterocycles. The van der Waals surface area contributed by atoms with Gasteiger partial charge in [-0.15, -0.1) is 0 Å². The summed E-state index contributed by atoms with van der Waals surface area (Å²) >= 11 is 1.55. The van der Waals surface area contributed by atoms with Gasteiger partial charge in [0.15, 0.2) is 6.61 Å². The van der Waals surface area contributed by atoms with Gasteiger partial charge in [-0.1, -0.05) is 12.1 Å². The van der Waals surface area contributed by atoms with E-state index in [1.165, 1.54) is 4.90 Å². The summed E-state index contributed by atoms with van der Waals surface area (Å²) in [4.78, 5) is 24.6. The monoisotopic (exact) mass is 295 g/mol. The van der Waals surface area contributed by atoms with Gasteiger partial charge >= 0.3 is 5.97 Å². The molecule has 1 amide bonds. The summed E-state index contributed by atoms with van der Waals surface area (Å²) in [5.41, 5.74) is 1.05. The molecule has 5 nitrogen and oxygen atoms in total. The van der Waals surface area contributed by atoms with Crippen LogP contribution in [0.3, 0.4) is 0 Å². The van der Waals surface area contributed by atoms with Crippen molar-refractivity contribution in [3.63, 3.8) is 0 Å². The number of aryl methyl sites for hydroxylation is 1. The van der Waals surface area contributed by atoms with Crippen LogP contribution in [-0.4, -0.2) is 52.6 Å². The second kappa shape index (κ2) is 6.65. The second-order valence-corrected chi connectivity index (χ2v) is 5.77. The Morgan fingerprint density at radius 3 is 3.00 bits per heavy atom. The SMILES string of the molecule is Cc1cccc(OCC(=O)N2CCSCC2C(=O)O)c1. The minimum Gasteiger partial charge on any atom is -0.484 e. The van der Waals surface area contributed by atoms with Crippen LogP contribution in [0.25, 0.3) is 0 Å². The summed E-state index contributed by atoms with van der Waals surface area (Å²) in [5.74, 6) is 0.586. The topological polar surface area (TPSA) is 66.8 Å². The van der Waals surface area contributed by atoms with Crippen LogP contribution in [0.15, 0.2) is 24.3 Å². The van der Waals surface area contributed by atoms with Crippen LogP contribution in [-0.2, 0) is 9.59 Å². The third-order valence-corrected chi connectivity index (χ3v) is 4.11. The van der Waals surface area contributed by atoms with Gasteiger partial charge in [-0.05, 0) is 24.6 Å². The van der Waals surface area contributed by atoms with Gasteiger partial charge in [-0.25, -0.2) is 4.79 Å². The molecule has 0 spiro atoms. The molecule has 0 aromatic heterocycles. The van der Waals surface area contributed by atoms with Gasteiger partial charge in [-0.3, -0.25) is 4.79 Å². The van der Waals surface area contributed by atoms with Gasteiger partial charge in [0.25, 0.3) is 5.91 Å². The molecule has 0 bridgehead atoms. The molecular formula is C14H17NO4S. The molecule has 1 aliphatic rings. The highest BCUT2D eigenvalue weighted by atomic mass is 32.2. The van der Waals surface area contributed by atoms with Gasteiger partial charge in [0.05, 0.1) is 0 Å². The third kappa shape index (κ3) is 3.66. The lowest BCUT2D eigenvalue weighted by Crippen LogP contribution is -2.51. The summed E-state index contributed by atoms with van der Waals surface area (Å²) in [5, 5.41) is 9.13. The molecule has 1 fully saturated rings. The zero-order valence-corrected chi connectivity index (χ0v) is 12.1. The Morgan fingerprint density at radius 1 is 1.50 bits per heavy atom. The average molecular weight is 295 g/mol. The highest BCUT2D eigenvalue weighted by molar-refractivity contribution is 7.99. The van der Waals surface area contributed by atoms with Crippen molar-refractivity contribution >= 4 is 23.6 Å². The van der Waals surface area contributed by atoms with Crippen LogP contribution in [0.2, 0.25) is 0 Å². The number of benzene rings is 1. The number of hydrogen-bond donors (Lipinski definition) is 1. The van der Waals surface area contributed by atoms with Crippen LogP contribution in [0, 0.1) is 6.92 Å². The van der Waals surface area contributed by atoms with Gasteiger partial charge in [0, 0.05) is 18.1 Å². The lowest BCUT2D eigenvalue weighted by molar-refractivity contribution is -0.150. The molecule has 1 N–H and O–H groups in total. The van der Waals surface area contributed by atoms with E-state index in [0.717, 1.165) is 11.3 Å². The maximum Gasteiger partial charge on any atom is 0.327 e. The zero-order valence-electron chi connectivity index (χ0n) is 11.2. The number of carboxylic acids is 1. The Balaban J connectivity index is 1.95. The molecule has 0 aliphatic carbocycles. The van der Waals surface area contributed by atoms with E-state index in [2.05, 4.69) is 0 Å². The van der Waals surface area contributed by atoms with Gasteiger partial charge in [0.1, 0.15) is 11.8 Å². The molecular weight excluding hydrogens is 278 g/mol. The molecule has 1 aliphatic heterocycles. The Labute approximate surface area is 121 Å². The quantitative estimate of drug-likeness (QED) is 0.909. The van der Waals surface area contributed by atoms with Crippen LogP contribution in [0.5, 0.6) is 5.75 Å². The number of aliphatic carboxylic acids is 1. The lowest BCUT2D eigenvalue weighted by Gasteiger charge is -2.32. The zero-order chi connectivity index (χ0) is 14.5. The number of ether oxygens (including phenoxy) is 1. The van der Waals surface area contributed by atoms with Gasteiger partial charge in [-0.2, -0.15) is 11.8 Å². The van der Waals surface area contributed by atoms with Crippen molar-refractivity contribution in [1.29, 1.82) is 0 Å². The van der Waals surface area contributed by atoms with Crippen LogP contribution < -0.4 is 4.74 Å². The molecule has 1 atom stereocenters. The molecule has 1 saturated heterocycles. The van der Waals surface area contributed by atoms with Crippen molar-refractivity contribution in [2.75, 3.05) is 24.7 Å². The summed E-state index contributed by atoms with van der Waals surface area (Å²) in [6, 6.07) is 6.67. The number of carboxylic acid groups (broad SMARTS) is 1. The molecule has 1 aromatic rings. The number of rotatable bonds is 4. The molecule has 20 heavy (non-hydrogen) atoms. The van der Waals surface area contributed by atoms with Crippen LogP contribution >= 0.6 is 11.8 Å². The largest absolute Gasteiger partial charge is 0.484 e. The van der Waals surface area contributed by atoms with E-state index in [1.54, 1.807) is 17.8 Å². The fraction of sp³-hybridized carbons (Fsp3) is 0.429. The van der Waals surface area contributed by atoms with Crippen molar-refractivity contribution in [3.8, 4) is 5.75 Å². The van der Waals surface area contributed by atoms with E-state index in [1.807, 2.05) is 25.1 Å². The van der Waals surface area contributed by atoms with Crippen LogP contribution in [0.4, 0.5) is 0 Å². The standard InChI is InChI=1S/C14H17NO4S/c1-10-3-2-4-11(7-10)19-8-13(16)15-5-6-20-9-12(15)14(17)18/h2-4,7,12H,5-6,8-9H2,1H3,(H,17,18). The number of nitrogens with zero attached hydrogens (tertiary/aromatic N) is 1. The molecule has 0 radical (unpaired) electrons. The molecule has 1 aromatic carbocycles. The molecule has 1 unspecified atom stereocenters. The smallest absolute Gasteiger partial charge is 0.327 e. The predicted octanol–water partition coefficient (Wildman–Crippen LogP) is 1.40. The number of hydrogen-bond acceptors (Lipinski definition) is 4. The first-order valence-electron chi connectivity index (χ1n) is 6.37. The fourth-order valence-electron chi connectivity index (χ4n) is 2.04. The maximum atomic E-state index is 12.1.